The minimum Gasteiger partial charge on any atom is -0.497 e. The van der Waals surface area contributed by atoms with Crippen molar-refractivity contribution in [3.05, 3.63) is 82.4 Å². The fourth-order valence-electron chi connectivity index (χ4n) is 3.32. The summed E-state index contributed by atoms with van der Waals surface area (Å²) in [5, 5.41) is 4.86. The molecule has 3 rings (SSSR count). The third-order valence-corrected chi connectivity index (χ3v) is 6.35. The van der Waals surface area contributed by atoms with Crippen molar-refractivity contribution < 1.29 is 37.0 Å². The van der Waals surface area contributed by atoms with E-state index < -0.39 is 21.2 Å². The molecule has 214 valence electrons. The van der Waals surface area contributed by atoms with Crippen molar-refractivity contribution >= 4 is 43.5 Å². The third kappa shape index (κ3) is 9.40. The van der Waals surface area contributed by atoms with Gasteiger partial charge in [0, 0.05) is 23.8 Å². The Bertz CT molecular complexity index is 1420. The van der Waals surface area contributed by atoms with Gasteiger partial charge in [-0.05, 0) is 47.5 Å². The Hall–Kier alpha value is -3.87. The second kappa shape index (κ2) is 14.5. The van der Waals surface area contributed by atoms with E-state index in [1.54, 1.807) is 32.4 Å². The zero-order chi connectivity index (χ0) is 29.1. The van der Waals surface area contributed by atoms with E-state index in [0.717, 1.165) is 11.1 Å². The molecule has 0 spiro atoms. The lowest BCUT2D eigenvalue weighted by atomic mass is 10.1. The molecule has 0 heterocycles. The predicted octanol–water partition coefficient (Wildman–Crippen LogP) is 4.03. The van der Waals surface area contributed by atoms with E-state index in [1.807, 2.05) is 36.4 Å². The maximum Gasteiger partial charge on any atom is 0.329 e. The van der Waals surface area contributed by atoms with Crippen molar-refractivity contribution in [2.24, 2.45) is 0 Å². The minimum absolute atomic E-state index is 0.0251. The SMILES string of the molecule is COc1ccc(COc2ccc(C(=O)NCCNC(=O)NS(=O)(=O)Cl)c(Cl)c2OCc2ccc(OC)cc2)cc1. The van der Waals surface area contributed by atoms with Gasteiger partial charge in [0.1, 0.15) is 24.7 Å². The number of hydrogen-bond acceptors (Lipinski definition) is 8. The second-order valence-corrected chi connectivity index (χ2v) is 10.8. The highest BCUT2D eigenvalue weighted by molar-refractivity contribution is 8.12. The standard InChI is InChI=1S/C26H27Cl2N3O8S/c1-36-19-7-3-17(4-8-19)15-38-22-12-11-21(25(32)29-13-14-30-26(33)31-40(28,34)35)23(27)24(22)39-16-18-5-9-20(37-2)10-6-18/h3-12H,13-16H2,1-2H3,(H,29,32)(H2,30,31,33). The molecule has 0 atom stereocenters. The van der Waals surface area contributed by atoms with Crippen molar-refractivity contribution in [2.75, 3.05) is 27.3 Å². The summed E-state index contributed by atoms with van der Waals surface area (Å²) >= 11 is 6.62. The Morgan fingerprint density at radius 3 is 1.82 bits per heavy atom. The number of hydrogen-bond donors (Lipinski definition) is 3. The van der Waals surface area contributed by atoms with Crippen LogP contribution in [0.15, 0.2) is 60.7 Å². The smallest absolute Gasteiger partial charge is 0.329 e. The highest BCUT2D eigenvalue weighted by Crippen LogP contribution is 2.39. The highest BCUT2D eigenvalue weighted by atomic mass is 35.7. The molecule has 0 aliphatic carbocycles. The highest BCUT2D eigenvalue weighted by Gasteiger charge is 2.20. The van der Waals surface area contributed by atoms with Gasteiger partial charge in [0.05, 0.1) is 24.8 Å². The van der Waals surface area contributed by atoms with Crippen LogP contribution in [0, 0.1) is 0 Å². The maximum absolute atomic E-state index is 12.8. The van der Waals surface area contributed by atoms with Gasteiger partial charge in [-0.3, -0.25) is 4.79 Å². The lowest BCUT2D eigenvalue weighted by molar-refractivity contribution is 0.0953. The molecule has 0 aromatic heterocycles. The molecular formula is C26H27Cl2N3O8S. The van der Waals surface area contributed by atoms with Crippen molar-refractivity contribution in [3.63, 3.8) is 0 Å². The molecule has 40 heavy (non-hydrogen) atoms. The van der Waals surface area contributed by atoms with Crippen LogP contribution in [0.2, 0.25) is 5.02 Å². The number of methoxy groups -OCH3 is 2. The van der Waals surface area contributed by atoms with E-state index in [1.165, 1.54) is 10.8 Å². The van der Waals surface area contributed by atoms with Crippen LogP contribution in [0.4, 0.5) is 4.79 Å². The summed E-state index contributed by atoms with van der Waals surface area (Å²) in [6, 6.07) is 16.6. The maximum atomic E-state index is 12.8. The van der Waals surface area contributed by atoms with Crippen LogP contribution >= 0.6 is 22.3 Å². The summed E-state index contributed by atoms with van der Waals surface area (Å²) in [7, 11) is 3.88. The number of nitrogens with one attached hydrogen (secondary N) is 3. The summed E-state index contributed by atoms with van der Waals surface area (Å²) in [5.41, 5.74) is 1.81. The summed E-state index contributed by atoms with van der Waals surface area (Å²) in [5.74, 6) is 1.36. The third-order valence-electron chi connectivity index (χ3n) is 5.31. The number of ether oxygens (including phenoxy) is 4. The monoisotopic (exact) mass is 611 g/mol. The summed E-state index contributed by atoms with van der Waals surface area (Å²) in [6.07, 6.45) is 0. The van der Waals surface area contributed by atoms with Crippen molar-refractivity contribution in [1.82, 2.24) is 15.4 Å². The summed E-state index contributed by atoms with van der Waals surface area (Å²) < 4.78 is 45.6. The van der Waals surface area contributed by atoms with Crippen LogP contribution in [0.1, 0.15) is 21.5 Å². The van der Waals surface area contributed by atoms with Gasteiger partial charge < -0.3 is 29.6 Å². The zero-order valence-corrected chi connectivity index (χ0v) is 23.9. The van der Waals surface area contributed by atoms with Gasteiger partial charge in [0.15, 0.2) is 11.5 Å². The number of urea groups is 1. The Kier molecular flexibility index (Phi) is 11.1. The van der Waals surface area contributed by atoms with Gasteiger partial charge in [-0.25, -0.2) is 9.52 Å². The van der Waals surface area contributed by atoms with Gasteiger partial charge >= 0.3 is 15.3 Å². The van der Waals surface area contributed by atoms with Crippen molar-refractivity contribution in [1.29, 1.82) is 0 Å². The molecule has 3 aromatic carbocycles. The van der Waals surface area contributed by atoms with E-state index in [4.69, 9.17) is 41.2 Å². The number of benzene rings is 3. The van der Waals surface area contributed by atoms with E-state index in [2.05, 4.69) is 10.6 Å². The van der Waals surface area contributed by atoms with E-state index >= 15 is 0 Å². The first kappa shape index (κ1) is 30.7. The predicted molar refractivity (Wildman–Crippen MR) is 150 cm³/mol. The van der Waals surface area contributed by atoms with Gasteiger partial charge in [-0.15, -0.1) is 0 Å². The first-order chi connectivity index (χ1) is 19.1. The van der Waals surface area contributed by atoms with Crippen LogP contribution in [-0.4, -0.2) is 47.7 Å². The molecule has 14 heteroatoms. The first-order valence-electron chi connectivity index (χ1n) is 11.7. The fourth-order valence-corrected chi connectivity index (χ4v) is 4.12. The molecule has 0 aliphatic rings. The molecule has 3 amide bonds. The molecule has 0 unspecified atom stereocenters. The van der Waals surface area contributed by atoms with Gasteiger partial charge in [-0.2, -0.15) is 8.42 Å². The molecule has 0 saturated carbocycles. The van der Waals surface area contributed by atoms with E-state index in [-0.39, 0.29) is 42.6 Å². The Balaban J connectivity index is 1.73. The largest absolute Gasteiger partial charge is 0.497 e. The number of halogens is 2. The molecule has 3 N–H and O–H groups in total. The van der Waals surface area contributed by atoms with Crippen LogP contribution in [-0.2, 0) is 22.5 Å². The lowest BCUT2D eigenvalue weighted by Gasteiger charge is -2.17. The Labute approximate surface area is 241 Å². The number of carbonyl (C=O) groups excluding carboxylic acids is 2. The Morgan fingerprint density at radius 1 is 0.775 bits per heavy atom. The van der Waals surface area contributed by atoms with Crippen LogP contribution in [0.25, 0.3) is 0 Å². The van der Waals surface area contributed by atoms with Gasteiger partial charge in [0.2, 0.25) is 0 Å². The molecule has 0 bridgehead atoms. The van der Waals surface area contributed by atoms with Gasteiger partial charge in [0.25, 0.3) is 5.91 Å². The zero-order valence-electron chi connectivity index (χ0n) is 21.5. The van der Waals surface area contributed by atoms with Crippen LogP contribution in [0.3, 0.4) is 0 Å². The molecule has 0 saturated heterocycles. The summed E-state index contributed by atoms with van der Waals surface area (Å²) in [4.78, 5) is 24.3. The lowest BCUT2D eigenvalue weighted by Crippen LogP contribution is -2.41. The van der Waals surface area contributed by atoms with Crippen LogP contribution < -0.4 is 34.3 Å². The van der Waals surface area contributed by atoms with Gasteiger partial charge in [-0.1, -0.05) is 35.9 Å². The number of amides is 3. The molecule has 11 nitrogen and oxygen atoms in total. The second-order valence-electron chi connectivity index (χ2n) is 8.08. The van der Waals surface area contributed by atoms with Crippen molar-refractivity contribution in [2.45, 2.75) is 13.2 Å². The average Bonchev–Trinajstić information content (AvgIpc) is 2.93. The van der Waals surface area contributed by atoms with E-state index in [0.29, 0.717) is 17.2 Å². The topological polar surface area (TPSA) is 141 Å². The van der Waals surface area contributed by atoms with Crippen LogP contribution in [0.5, 0.6) is 23.0 Å². The fraction of sp³-hybridized carbons (Fsp3) is 0.231. The number of rotatable bonds is 13. The molecule has 3 aromatic rings. The molecule has 0 fully saturated rings. The average molecular weight is 612 g/mol. The normalized spacial score (nSPS) is 10.8. The molecule has 0 radical (unpaired) electrons. The number of carbonyl (C=O) groups is 2. The Morgan fingerprint density at radius 2 is 1.30 bits per heavy atom. The summed E-state index contributed by atoms with van der Waals surface area (Å²) in [6.45, 7) is 0.237. The minimum atomic E-state index is -4.22. The molecular weight excluding hydrogens is 585 g/mol. The first-order valence-corrected chi connectivity index (χ1v) is 14.4. The van der Waals surface area contributed by atoms with E-state index in [9.17, 15) is 18.0 Å². The van der Waals surface area contributed by atoms with Crippen molar-refractivity contribution in [3.8, 4) is 23.0 Å². The molecule has 0 aliphatic heterocycles. The quantitative estimate of drug-likeness (QED) is 0.194.